The van der Waals surface area contributed by atoms with Gasteiger partial charge in [0.15, 0.2) is 5.69 Å². The molecular formula is C9H13N3O3. The van der Waals surface area contributed by atoms with Crippen LogP contribution in [0.3, 0.4) is 0 Å². The molecule has 82 valence electrons. The summed E-state index contributed by atoms with van der Waals surface area (Å²) in [5.41, 5.74) is 0.104. The van der Waals surface area contributed by atoms with E-state index in [9.17, 15) is 9.59 Å². The summed E-state index contributed by atoms with van der Waals surface area (Å²) in [7, 11) is 1.48. The third-order valence-corrected chi connectivity index (χ3v) is 1.75. The monoisotopic (exact) mass is 211 g/mol. The summed E-state index contributed by atoms with van der Waals surface area (Å²) in [4.78, 5) is 22.2. The van der Waals surface area contributed by atoms with Crippen molar-refractivity contribution in [3.63, 3.8) is 0 Å². The first-order chi connectivity index (χ1) is 6.91. The summed E-state index contributed by atoms with van der Waals surface area (Å²) in [5, 5.41) is 15.2. The Morgan fingerprint density at radius 2 is 2.13 bits per heavy atom. The Bertz CT molecular complexity index is 395. The fourth-order valence-electron chi connectivity index (χ4n) is 1.11. The predicted molar refractivity (Wildman–Crippen MR) is 52.8 cm³/mol. The number of aromatic nitrogens is 2. The van der Waals surface area contributed by atoms with Gasteiger partial charge in [-0.1, -0.05) is 0 Å². The van der Waals surface area contributed by atoms with E-state index in [1.54, 1.807) is 0 Å². The van der Waals surface area contributed by atoms with Crippen LogP contribution in [0.15, 0.2) is 6.07 Å². The van der Waals surface area contributed by atoms with Crippen molar-refractivity contribution in [3.05, 3.63) is 17.5 Å². The Labute approximate surface area is 86.9 Å². The van der Waals surface area contributed by atoms with Crippen molar-refractivity contribution in [2.24, 2.45) is 7.05 Å². The van der Waals surface area contributed by atoms with E-state index in [0.29, 0.717) is 0 Å². The number of hydrogen-bond donors (Lipinski definition) is 2. The number of nitrogens with zero attached hydrogens (tertiary/aromatic N) is 2. The first-order valence-corrected chi connectivity index (χ1v) is 4.50. The molecule has 0 aliphatic carbocycles. The maximum Gasteiger partial charge on any atom is 0.354 e. The molecule has 0 aromatic carbocycles. The van der Waals surface area contributed by atoms with Gasteiger partial charge in [-0.2, -0.15) is 5.10 Å². The van der Waals surface area contributed by atoms with Crippen molar-refractivity contribution in [2.75, 3.05) is 0 Å². The van der Waals surface area contributed by atoms with E-state index in [2.05, 4.69) is 10.4 Å². The molecule has 1 aromatic rings. The van der Waals surface area contributed by atoms with Crippen LogP contribution in [0.25, 0.3) is 0 Å². The summed E-state index contributed by atoms with van der Waals surface area (Å²) in [5.74, 6) is -1.47. The van der Waals surface area contributed by atoms with Gasteiger partial charge in [0.1, 0.15) is 5.69 Å². The van der Waals surface area contributed by atoms with Crippen LogP contribution in [0, 0.1) is 0 Å². The fourth-order valence-corrected chi connectivity index (χ4v) is 1.11. The number of carboxylic acid groups (broad SMARTS) is 1. The Morgan fingerprint density at radius 3 is 2.53 bits per heavy atom. The molecule has 1 amide bonds. The van der Waals surface area contributed by atoms with Crippen LogP contribution in [0.2, 0.25) is 0 Å². The molecule has 0 aliphatic heterocycles. The molecule has 6 heteroatoms. The van der Waals surface area contributed by atoms with Gasteiger partial charge in [-0.3, -0.25) is 9.48 Å². The molecule has 1 heterocycles. The second kappa shape index (κ2) is 4.12. The van der Waals surface area contributed by atoms with Crippen LogP contribution in [-0.4, -0.2) is 32.8 Å². The van der Waals surface area contributed by atoms with Crippen molar-refractivity contribution in [3.8, 4) is 0 Å². The van der Waals surface area contributed by atoms with Gasteiger partial charge in [0.2, 0.25) is 0 Å². The second-order valence-corrected chi connectivity index (χ2v) is 3.47. The molecule has 2 N–H and O–H groups in total. The van der Waals surface area contributed by atoms with Gasteiger partial charge in [-0.25, -0.2) is 4.79 Å². The Kier molecular flexibility index (Phi) is 3.08. The maximum atomic E-state index is 11.5. The Hall–Kier alpha value is -1.85. The number of aryl methyl sites for hydroxylation is 1. The Morgan fingerprint density at radius 1 is 1.53 bits per heavy atom. The molecule has 15 heavy (non-hydrogen) atoms. The second-order valence-electron chi connectivity index (χ2n) is 3.47. The maximum absolute atomic E-state index is 11.5. The molecule has 0 unspecified atom stereocenters. The zero-order valence-corrected chi connectivity index (χ0v) is 8.81. The average Bonchev–Trinajstić information content (AvgIpc) is 2.46. The minimum Gasteiger partial charge on any atom is -0.477 e. The number of carboxylic acids is 1. The van der Waals surface area contributed by atoms with Gasteiger partial charge >= 0.3 is 5.97 Å². The van der Waals surface area contributed by atoms with Gasteiger partial charge in [-0.15, -0.1) is 0 Å². The van der Waals surface area contributed by atoms with Crippen LogP contribution in [0.5, 0.6) is 0 Å². The number of amides is 1. The van der Waals surface area contributed by atoms with E-state index in [4.69, 9.17) is 5.11 Å². The molecule has 0 fully saturated rings. The van der Waals surface area contributed by atoms with Gasteiger partial charge < -0.3 is 10.4 Å². The molecule has 0 radical (unpaired) electrons. The van der Waals surface area contributed by atoms with E-state index in [1.165, 1.54) is 13.1 Å². The summed E-state index contributed by atoms with van der Waals surface area (Å²) < 4.78 is 1.16. The highest BCUT2D eigenvalue weighted by Gasteiger charge is 2.16. The summed E-state index contributed by atoms with van der Waals surface area (Å²) >= 11 is 0. The average molecular weight is 211 g/mol. The standard InChI is InChI=1S/C9H13N3O3/c1-5(2)10-8(13)6-4-7(9(14)15)12(3)11-6/h4-5H,1-3H3,(H,10,13)(H,14,15). The van der Waals surface area contributed by atoms with E-state index in [1.807, 2.05) is 13.8 Å². The highest BCUT2D eigenvalue weighted by Crippen LogP contribution is 2.03. The third-order valence-electron chi connectivity index (χ3n) is 1.75. The summed E-state index contributed by atoms with van der Waals surface area (Å²) in [6.45, 7) is 3.64. The van der Waals surface area contributed by atoms with Crippen molar-refractivity contribution in [1.82, 2.24) is 15.1 Å². The highest BCUT2D eigenvalue weighted by molar-refractivity contribution is 5.95. The first-order valence-electron chi connectivity index (χ1n) is 4.50. The normalized spacial score (nSPS) is 10.4. The fraction of sp³-hybridized carbons (Fsp3) is 0.444. The molecule has 6 nitrogen and oxygen atoms in total. The summed E-state index contributed by atoms with van der Waals surface area (Å²) in [6.07, 6.45) is 0. The van der Waals surface area contributed by atoms with Gasteiger partial charge in [-0.05, 0) is 13.8 Å². The van der Waals surface area contributed by atoms with Gasteiger partial charge in [0.25, 0.3) is 5.91 Å². The van der Waals surface area contributed by atoms with Crippen LogP contribution in [-0.2, 0) is 7.05 Å². The van der Waals surface area contributed by atoms with Crippen molar-refractivity contribution >= 4 is 11.9 Å². The van der Waals surface area contributed by atoms with E-state index in [-0.39, 0.29) is 23.3 Å². The Balaban J connectivity index is 2.92. The van der Waals surface area contributed by atoms with Crippen LogP contribution in [0.1, 0.15) is 34.8 Å². The minimum atomic E-state index is -1.10. The lowest BCUT2D eigenvalue weighted by Crippen LogP contribution is -2.30. The highest BCUT2D eigenvalue weighted by atomic mass is 16.4. The van der Waals surface area contributed by atoms with Crippen LogP contribution >= 0.6 is 0 Å². The van der Waals surface area contributed by atoms with E-state index >= 15 is 0 Å². The van der Waals surface area contributed by atoms with Crippen molar-refractivity contribution in [1.29, 1.82) is 0 Å². The number of carbonyl (C=O) groups is 2. The SMILES string of the molecule is CC(C)NC(=O)c1cc(C(=O)O)n(C)n1. The van der Waals surface area contributed by atoms with Crippen LogP contribution in [0.4, 0.5) is 0 Å². The number of hydrogen-bond acceptors (Lipinski definition) is 3. The lowest BCUT2D eigenvalue weighted by molar-refractivity contribution is 0.0684. The molecule has 0 saturated heterocycles. The topological polar surface area (TPSA) is 84.2 Å². The molecule has 0 aliphatic rings. The first kappa shape index (κ1) is 11.2. The molecule has 0 spiro atoms. The minimum absolute atomic E-state index is 0.00668. The van der Waals surface area contributed by atoms with E-state index < -0.39 is 5.97 Å². The van der Waals surface area contributed by atoms with Crippen molar-refractivity contribution < 1.29 is 14.7 Å². The zero-order valence-electron chi connectivity index (χ0n) is 8.81. The molecule has 0 saturated carbocycles. The molecular weight excluding hydrogens is 198 g/mol. The van der Waals surface area contributed by atoms with Crippen molar-refractivity contribution in [2.45, 2.75) is 19.9 Å². The number of carbonyl (C=O) groups excluding carboxylic acids is 1. The summed E-state index contributed by atoms with van der Waals surface area (Å²) in [6, 6.07) is 1.24. The van der Waals surface area contributed by atoms with E-state index in [0.717, 1.165) is 4.68 Å². The number of rotatable bonds is 3. The zero-order chi connectivity index (χ0) is 11.6. The van der Waals surface area contributed by atoms with Gasteiger partial charge in [0.05, 0.1) is 0 Å². The smallest absolute Gasteiger partial charge is 0.354 e. The quantitative estimate of drug-likeness (QED) is 0.750. The molecule has 0 atom stereocenters. The predicted octanol–water partition coefficient (Wildman–Crippen LogP) is 0.256. The number of nitrogens with one attached hydrogen (secondary N) is 1. The molecule has 1 rings (SSSR count). The molecule has 0 bridgehead atoms. The van der Waals surface area contributed by atoms with Crippen LogP contribution < -0.4 is 5.32 Å². The molecule has 1 aromatic heterocycles. The number of aromatic carboxylic acids is 1. The van der Waals surface area contributed by atoms with Gasteiger partial charge in [0, 0.05) is 19.2 Å². The largest absolute Gasteiger partial charge is 0.477 e. The lowest BCUT2D eigenvalue weighted by Gasteiger charge is -2.04. The lowest BCUT2D eigenvalue weighted by atomic mass is 10.3. The third kappa shape index (κ3) is 2.55.